The first-order valence-corrected chi connectivity index (χ1v) is 6.81. The van der Waals surface area contributed by atoms with Gasteiger partial charge in [0.25, 0.3) is 0 Å². The van der Waals surface area contributed by atoms with E-state index in [1.54, 1.807) is 6.20 Å². The molecule has 1 aromatic heterocycles. The van der Waals surface area contributed by atoms with Gasteiger partial charge in [0.05, 0.1) is 10.2 Å². The third-order valence-corrected chi connectivity index (χ3v) is 4.38. The van der Waals surface area contributed by atoms with Gasteiger partial charge in [0.2, 0.25) is 0 Å². The number of aromatic nitrogens is 1. The van der Waals surface area contributed by atoms with Crippen LogP contribution in [0.5, 0.6) is 0 Å². The van der Waals surface area contributed by atoms with Crippen molar-refractivity contribution in [2.24, 2.45) is 10.2 Å². The quantitative estimate of drug-likeness (QED) is 0.802. The molecule has 1 unspecified atom stereocenters. The van der Waals surface area contributed by atoms with Crippen molar-refractivity contribution in [3.63, 3.8) is 0 Å². The van der Waals surface area contributed by atoms with E-state index in [0.717, 1.165) is 21.4 Å². The Hall–Kier alpha value is -1.81. The van der Waals surface area contributed by atoms with E-state index in [0.29, 0.717) is 0 Å². The molecular formula is C15H12BrN3. The van der Waals surface area contributed by atoms with Gasteiger partial charge in [0, 0.05) is 6.20 Å². The summed E-state index contributed by atoms with van der Waals surface area (Å²) in [4.78, 5) is 4.33. The van der Waals surface area contributed by atoms with E-state index in [9.17, 15) is 0 Å². The van der Waals surface area contributed by atoms with E-state index in [-0.39, 0.29) is 0 Å². The third kappa shape index (κ3) is 2.02. The van der Waals surface area contributed by atoms with Gasteiger partial charge in [0.1, 0.15) is 11.2 Å². The van der Waals surface area contributed by atoms with Crippen molar-refractivity contribution in [3.8, 4) is 0 Å². The molecule has 0 radical (unpaired) electrons. The van der Waals surface area contributed by atoms with Crippen molar-refractivity contribution < 1.29 is 0 Å². The number of hydrogen-bond acceptors (Lipinski definition) is 3. The molecule has 1 atom stereocenters. The molecule has 0 saturated carbocycles. The van der Waals surface area contributed by atoms with Gasteiger partial charge in [0.15, 0.2) is 0 Å². The maximum Gasteiger partial charge on any atom is 0.138 e. The molecular weight excluding hydrogens is 302 g/mol. The maximum absolute atomic E-state index is 4.44. The highest BCUT2D eigenvalue weighted by molar-refractivity contribution is 9.12. The second-order valence-electron chi connectivity index (χ2n) is 4.52. The van der Waals surface area contributed by atoms with Gasteiger partial charge in [-0.3, -0.25) is 4.98 Å². The summed E-state index contributed by atoms with van der Waals surface area (Å²) in [6.07, 6.45) is 1.76. The second kappa shape index (κ2) is 4.70. The molecule has 1 aliphatic rings. The molecule has 1 aliphatic heterocycles. The molecule has 2 heterocycles. The van der Waals surface area contributed by atoms with Crippen LogP contribution in [0.3, 0.4) is 0 Å². The lowest BCUT2D eigenvalue weighted by Crippen LogP contribution is -2.16. The van der Waals surface area contributed by atoms with E-state index in [1.807, 2.05) is 43.3 Å². The maximum atomic E-state index is 4.44. The number of rotatable bonds is 2. The highest BCUT2D eigenvalue weighted by atomic mass is 79.9. The molecule has 0 N–H and O–H groups in total. The van der Waals surface area contributed by atoms with E-state index in [4.69, 9.17) is 0 Å². The summed E-state index contributed by atoms with van der Waals surface area (Å²) >= 11 is 3.65. The summed E-state index contributed by atoms with van der Waals surface area (Å²) in [5, 5.41) is 8.75. The van der Waals surface area contributed by atoms with Crippen LogP contribution in [0.15, 0.2) is 69.4 Å². The van der Waals surface area contributed by atoms with Crippen molar-refractivity contribution in [2.75, 3.05) is 0 Å². The number of halogens is 1. The van der Waals surface area contributed by atoms with E-state index >= 15 is 0 Å². The standard InChI is InChI=1S/C15H12BrN3/c1-15(11-7-3-2-4-8-11)14(16)13(18-19-15)12-9-5-6-10-17-12/h2-10H,1H3. The largest absolute Gasteiger partial charge is 0.255 e. The summed E-state index contributed by atoms with van der Waals surface area (Å²) in [5.41, 5.74) is 2.27. The van der Waals surface area contributed by atoms with Crippen LogP contribution in [-0.2, 0) is 5.54 Å². The molecule has 0 amide bonds. The van der Waals surface area contributed by atoms with Crippen LogP contribution in [0.4, 0.5) is 0 Å². The van der Waals surface area contributed by atoms with Crippen LogP contribution in [0.2, 0.25) is 0 Å². The van der Waals surface area contributed by atoms with Gasteiger partial charge in [-0.2, -0.15) is 10.2 Å². The monoisotopic (exact) mass is 313 g/mol. The van der Waals surface area contributed by atoms with Crippen molar-refractivity contribution in [1.29, 1.82) is 0 Å². The molecule has 0 saturated heterocycles. The second-order valence-corrected chi connectivity index (χ2v) is 5.31. The van der Waals surface area contributed by atoms with Crippen LogP contribution in [0, 0.1) is 0 Å². The van der Waals surface area contributed by atoms with Crippen LogP contribution < -0.4 is 0 Å². The first-order valence-electron chi connectivity index (χ1n) is 6.02. The Balaban J connectivity index is 2.09. The third-order valence-electron chi connectivity index (χ3n) is 3.23. The Morgan fingerprint density at radius 2 is 1.74 bits per heavy atom. The lowest BCUT2D eigenvalue weighted by molar-refractivity contribution is 0.614. The first-order chi connectivity index (χ1) is 9.22. The predicted octanol–water partition coefficient (Wildman–Crippen LogP) is 4.53. The zero-order valence-electron chi connectivity index (χ0n) is 10.4. The molecule has 0 aliphatic carbocycles. The van der Waals surface area contributed by atoms with Gasteiger partial charge in [-0.25, -0.2) is 0 Å². The van der Waals surface area contributed by atoms with Crippen molar-refractivity contribution in [1.82, 2.24) is 4.98 Å². The highest BCUT2D eigenvalue weighted by Gasteiger charge is 2.37. The highest BCUT2D eigenvalue weighted by Crippen LogP contribution is 2.46. The topological polar surface area (TPSA) is 37.6 Å². The summed E-state index contributed by atoms with van der Waals surface area (Å²) in [6, 6.07) is 15.9. The van der Waals surface area contributed by atoms with Gasteiger partial charge >= 0.3 is 0 Å². The zero-order chi connectivity index (χ0) is 13.3. The summed E-state index contributed by atoms with van der Waals surface area (Å²) < 4.78 is 0.949. The van der Waals surface area contributed by atoms with Gasteiger partial charge in [-0.05, 0) is 24.6 Å². The van der Waals surface area contributed by atoms with E-state index in [2.05, 4.69) is 43.3 Å². The van der Waals surface area contributed by atoms with Gasteiger partial charge < -0.3 is 0 Å². The first kappa shape index (κ1) is 12.2. The number of benzene rings is 1. The van der Waals surface area contributed by atoms with Crippen LogP contribution in [0.25, 0.3) is 5.70 Å². The van der Waals surface area contributed by atoms with Gasteiger partial charge in [-0.15, -0.1) is 0 Å². The Labute approximate surface area is 120 Å². The predicted molar refractivity (Wildman–Crippen MR) is 78.7 cm³/mol. The van der Waals surface area contributed by atoms with Crippen LogP contribution >= 0.6 is 15.9 Å². The Kier molecular flexibility index (Phi) is 3.03. The minimum atomic E-state index is -0.464. The van der Waals surface area contributed by atoms with Crippen molar-refractivity contribution in [3.05, 3.63) is 70.5 Å². The smallest absolute Gasteiger partial charge is 0.138 e. The average molecular weight is 314 g/mol. The Morgan fingerprint density at radius 1 is 1.00 bits per heavy atom. The molecule has 0 fully saturated rings. The Bertz CT molecular complexity index is 650. The molecule has 2 aromatic rings. The number of hydrogen-bond donors (Lipinski definition) is 0. The molecule has 0 bridgehead atoms. The number of pyridine rings is 1. The fourth-order valence-corrected chi connectivity index (χ4v) is 2.67. The molecule has 1 aromatic carbocycles. The summed E-state index contributed by atoms with van der Waals surface area (Å²) in [7, 11) is 0. The fraction of sp³-hybridized carbons (Fsp3) is 0.133. The lowest BCUT2D eigenvalue weighted by atomic mass is 9.92. The minimum absolute atomic E-state index is 0.464. The molecule has 3 nitrogen and oxygen atoms in total. The van der Waals surface area contributed by atoms with E-state index in [1.165, 1.54) is 0 Å². The van der Waals surface area contributed by atoms with E-state index < -0.39 is 5.54 Å². The minimum Gasteiger partial charge on any atom is -0.255 e. The molecule has 0 spiro atoms. The van der Waals surface area contributed by atoms with Crippen molar-refractivity contribution in [2.45, 2.75) is 12.5 Å². The molecule has 3 rings (SSSR count). The average Bonchev–Trinajstić information content (AvgIpc) is 2.78. The van der Waals surface area contributed by atoms with Crippen molar-refractivity contribution >= 4 is 21.6 Å². The fourth-order valence-electron chi connectivity index (χ4n) is 2.08. The zero-order valence-corrected chi connectivity index (χ0v) is 12.0. The SMILES string of the molecule is CC1(c2ccccc2)N=NC(c2ccccn2)=C1Br. The van der Waals surface area contributed by atoms with Gasteiger partial charge in [-0.1, -0.05) is 52.3 Å². The lowest BCUT2D eigenvalue weighted by Gasteiger charge is -2.20. The summed E-state index contributed by atoms with van der Waals surface area (Å²) in [5.74, 6) is 0. The number of nitrogens with zero attached hydrogens (tertiary/aromatic N) is 3. The summed E-state index contributed by atoms with van der Waals surface area (Å²) in [6.45, 7) is 2.05. The number of azo groups is 1. The molecule has 4 heteroatoms. The Morgan fingerprint density at radius 3 is 2.42 bits per heavy atom. The molecule has 94 valence electrons. The van der Waals surface area contributed by atoms with Crippen LogP contribution in [0.1, 0.15) is 18.2 Å². The normalized spacial score (nSPS) is 22.0. The molecule has 19 heavy (non-hydrogen) atoms. The van der Waals surface area contributed by atoms with Crippen LogP contribution in [-0.4, -0.2) is 4.98 Å².